The third-order valence-electron chi connectivity index (χ3n) is 5.06. The summed E-state index contributed by atoms with van der Waals surface area (Å²) in [6.45, 7) is 3.42. The lowest BCUT2D eigenvalue weighted by Gasteiger charge is -2.31. The van der Waals surface area contributed by atoms with Crippen LogP contribution in [0.1, 0.15) is 42.1 Å². The van der Waals surface area contributed by atoms with E-state index in [4.69, 9.17) is 11.5 Å². The van der Waals surface area contributed by atoms with Crippen molar-refractivity contribution in [2.24, 2.45) is 11.5 Å². The average molecular weight is 366 g/mol. The molecule has 1 saturated heterocycles. The van der Waals surface area contributed by atoms with Crippen molar-refractivity contribution in [1.82, 2.24) is 0 Å². The molecule has 2 amide bonds. The van der Waals surface area contributed by atoms with Crippen molar-refractivity contribution in [1.29, 1.82) is 0 Å². The van der Waals surface area contributed by atoms with E-state index in [1.165, 1.54) is 6.42 Å². The fourth-order valence-electron chi connectivity index (χ4n) is 3.39. The lowest BCUT2D eigenvalue weighted by Crippen LogP contribution is -2.45. The number of nitrogens with one attached hydrogen (secondary N) is 1. The van der Waals surface area contributed by atoms with E-state index in [0.29, 0.717) is 11.3 Å². The lowest BCUT2D eigenvalue weighted by molar-refractivity contribution is -0.120. The highest BCUT2D eigenvalue weighted by Gasteiger charge is 2.30. The van der Waals surface area contributed by atoms with Gasteiger partial charge in [0.2, 0.25) is 5.91 Å². The summed E-state index contributed by atoms with van der Waals surface area (Å²) in [7, 11) is 0. The van der Waals surface area contributed by atoms with Gasteiger partial charge in [0, 0.05) is 18.8 Å². The minimum Gasteiger partial charge on any atom is -0.371 e. The summed E-state index contributed by atoms with van der Waals surface area (Å²) in [5.41, 5.74) is 13.2. The number of primary amides is 1. The zero-order valence-corrected chi connectivity index (χ0v) is 15.6. The molecule has 1 aliphatic rings. The van der Waals surface area contributed by atoms with Crippen molar-refractivity contribution in [3.63, 3.8) is 0 Å². The van der Waals surface area contributed by atoms with Crippen molar-refractivity contribution in [3.8, 4) is 0 Å². The molecule has 0 radical (unpaired) electrons. The van der Waals surface area contributed by atoms with E-state index in [2.05, 4.69) is 10.2 Å². The highest BCUT2D eigenvalue weighted by atomic mass is 16.2. The third-order valence-corrected chi connectivity index (χ3v) is 5.06. The fraction of sp³-hybridized carbons (Fsp3) is 0.333. The molecule has 0 bridgehead atoms. The number of anilines is 2. The summed E-state index contributed by atoms with van der Waals surface area (Å²) in [4.78, 5) is 26.8. The molecule has 0 aliphatic carbocycles. The van der Waals surface area contributed by atoms with Crippen molar-refractivity contribution >= 4 is 23.2 Å². The molecule has 2 aromatic rings. The van der Waals surface area contributed by atoms with E-state index < -0.39 is 11.4 Å². The summed E-state index contributed by atoms with van der Waals surface area (Å²) in [6.07, 6.45) is 3.33. The third kappa shape index (κ3) is 4.11. The summed E-state index contributed by atoms with van der Waals surface area (Å²) in [5, 5.41) is 2.88. The van der Waals surface area contributed by atoms with Crippen LogP contribution in [0, 0.1) is 0 Å². The van der Waals surface area contributed by atoms with E-state index in [-0.39, 0.29) is 5.91 Å². The van der Waals surface area contributed by atoms with Crippen LogP contribution < -0.4 is 21.7 Å². The van der Waals surface area contributed by atoms with Crippen LogP contribution in [0.2, 0.25) is 0 Å². The van der Waals surface area contributed by atoms with Crippen LogP contribution in [-0.4, -0.2) is 24.9 Å². The fourth-order valence-corrected chi connectivity index (χ4v) is 3.39. The van der Waals surface area contributed by atoms with Gasteiger partial charge in [-0.3, -0.25) is 9.59 Å². The maximum Gasteiger partial charge on any atom is 0.250 e. The molecular weight excluding hydrogens is 340 g/mol. The Morgan fingerprint density at radius 3 is 2.33 bits per heavy atom. The van der Waals surface area contributed by atoms with E-state index in [9.17, 15) is 9.59 Å². The number of nitrogens with zero attached hydrogens (tertiary/aromatic N) is 1. The first-order valence-electron chi connectivity index (χ1n) is 9.24. The first-order valence-corrected chi connectivity index (χ1v) is 9.24. The number of carbonyl (C=O) groups excluding carboxylic acids is 2. The molecule has 5 N–H and O–H groups in total. The van der Waals surface area contributed by atoms with E-state index >= 15 is 0 Å². The van der Waals surface area contributed by atoms with Crippen molar-refractivity contribution in [2.75, 3.05) is 23.3 Å². The first kappa shape index (κ1) is 18.9. The van der Waals surface area contributed by atoms with Gasteiger partial charge in [-0.2, -0.15) is 0 Å². The summed E-state index contributed by atoms with van der Waals surface area (Å²) in [5.74, 6) is -0.786. The van der Waals surface area contributed by atoms with Gasteiger partial charge < -0.3 is 21.7 Å². The minimum absolute atomic E-state index is 0.315. The van der Waals surface area contributed by atoms with Crippen LogP contribution in [-0.2, 0) is 10.3 Å². The number of benzene rings is 2. The molecule has 0 spiro atoms. The molecule has 1 heterocycles. The predicted octanol–water partition coefficient (Wildman–Crippen LogP) is 2.59. The molecule has 27 heavy (non-hydrogen) atoms. The molecule has 1 atom stereocenters. The Morgan fingerprint density at radius 1 is 1.04 bits per heavy atom. The Morgan fingerprint density at radius 2 is 1.70 bits per heavy atom. The molecule has 1 aliphatic heterocycles. The largest absolute Gasteiger partial charge is 0.371 e. The Kier molecular flexibility index (Phi) is 5.46. The Bertz CT molecular complexity index is 827. The normalized spacial score (nSPS) is 16.4. The van der Waals surface area contributed by atoms with E-state index in [0.717, 1.165) is 37.2 Å². The van der Waals surface area contributed by atoms with Gasteiger partial charge in [0.15, 0.2) is 0 Å². The van der Waals surface area contributed by atoms with Gasteiger partial charge in [0.25, 0.3) is 5.91 Å². The number of piperidine rings is 1. The molecule has 1 unspecified atom stereocenters. The SMILES string of the molecule is CC(N)(C(=O)Nc1ccc(C(N)=O)c(N2CCCCC2)c1)c1ccccc1. The van der Waals surface area contributed by atoms with Gasteiger partial charge in [-0.15, -0.1) is 0 Å². The quantitative estimate of drug-likeness (QED) is 0.757. The lowest BCUT2D eigenvalue weighted by atomic mass is 9.92. The van der Waals surface area contributed by atoms with Crippen LogP contribution in [0.4, 0.5) is 11.4 Å². The van der Waals surface area contributed by atoms with Crippen molar-refractivity contribution < 1.29 is 9.59 Å². The van der Waals surface area contributed by atoms with Gasteiger partial charge in [-0.1, -0.05) is 30.3 Å². The first-order chi connectivity index (χ1) is 12.9. The predicted molar refractivity (Wildman–Crippen MR) is 108 cm³/mol. The van der Waals surface area contributed by atoms with Crippen molar-refractivity contribution in [2.45, 2.75) is 31.7 Å². The second kappa shape index (κ2) is 7.80. The molecular formula is C21H26N4O2. The standard InChI is InChI=1S/C21H26N4O2/c1-21(23,15-8-4-2-5-9-15)20(27)24-16-10-11-17(19(22)26)18(14-16)25-12-6-3-7-13-25/h2,4-5,8-11,14H,3,6-7,12-13,23H2,1H3,(H2,22,26)(H,24,27). The average Bonchev–Trinajstić information content (AvgIpc) is 2.69. The van der Waals surface area contributed by atoms with Crippen molar-refractivity contribution in [3.05, 3.63) is 59.7 Å². The number of hydrogen-bond donors (Lipinski definition) is 3. The Balaban J connectivity index is 1.86. The zero-order valence-electron chi connectivity index (χ0n) is 15.6. The molecule has 6 nitrogen and oxygen atoms in total. The summed E-state index contributed by atoms with van der Waals surface area (Å²) < 4.78 is 0. The van der Waals surface area contributed by atoms with Crippen LogP contribution in [0.25, 0.3) is 0 Å². The van der Waals surface area contributed by atoms with Gasteiger partial charge in [0.1, 0.15) is 5.54 Å². The van der Waals surface area contributed by atoms with Gasteiger partial charge >= 0.3 is 0 Å². The molecule has 0 aromatic heterocycles. The summed E-state index contributed by atoms with van der Waals surface area (Å²) in [6, 6.07) is 14.4. The monoisotopic (exact) mass is 366 g/mol. The van der Waals surface area contributed by atoms with E-state index in [1.54, 1.807) is 19.1 Å². The molecule has 2 aromatic carbocycles. The Labute approximate surface area is 159 Å². The maximum atomic E-state index is 12.8. The zero-order chi connectivity index (χ0) is 19.4. The smallest absolute Gasteiger partial charge is 0.250 e. The van der Waals surface area contributed by atoms with Gasteiger partial charge in [0.05, 0.1) is 11.3 Å². The molecule has 3 rings (SSSR count). The van der Waals surface area contributed by atoms with Crippen LogP contribution in [0.3, 0.4) is 0 Å². The van der Waals surface area contributed by atoms with E-state index in [1.807, 2.05) is 36.4 Å². The molecule has 6 heteroatoms. The van der Waals surface area contributed by atoms with Crippen LogP contribution in [0.15, 0.2) is 48.5 Å². The highest BCUT2D eigenvalue weighted by Crippen LogP contribution is 2.28. The van der Waals surface area contributed by atoms with Gasteiger partial charge in [-0.05, 0) is 49.9 Å². The second-order valence-electron chi connectivity index (χ2n) is 7.17. The highest BCUT2D eigenvalue weighted by molar-refractivity contribution is 6.02. The number of nitrogens with two attached hydrogens (primary N) is 2. The van der Waals surface area contributed by atoms with Gasteiger partial charge in [-0.25, -0.2) is 0 Å². The molecule has 0 saturated carbocycles. The van der Waals surface area contributed by atoms with Crippen LogP contribution in [0.5, 0.6) is 0 Å². The number of rotatable bonds is 5. The summed E-state index contributed by atoms with van der Waals surface area (Å²) >= 11 is 0. The number of carbonyl (C=O) groups is 2. The number of amides is 2. The topological polar surface area (TPSA) is 101 Å². The molecule has 142 valence electrons. The minimum atomic E-state index is -1.17. The van der Waals surface area contributed by atoms with Crippen LogP contribution >= 0.6 is 0 Å². The maximum absolute atomic E-state index is 12.8. The molecule has 1 fully saturated rings. The number of hydrogen-bond acceptors (Lipinski definition) is 4. The Hall–Kier alpha value is -2.86. The second-order valence-corrected chi connectivity index (χ2v) is 7.17.